The van der Waals surface area contributed by atoms with Gasteiger partial charge in [0.1, 0.15) is 11.2 Å². The Morgan fingerprint density at radius 2 is 2.06 bits per heavy atom. The van der Waals surface area contributed by atoms with Crippen LogP contribution in [0.2, 0.25) is 0 Å². The molecule has 0 bridgehead atoms. The Bertz CT molecular complexity index is 622. The number of H-pyrrole nitrogens is 1. The van der Waals surface area contributed by atoms with Crippen molar-refractivity contribution < 1.29 is 12.8 Å². The number of aromatic amines is 1. The number of aromatic nitrogens is 3. The van der Waals surface area contributed by atoms with Crippen LogP contribution in [-0.4, -0.2) is 23.6 Å². The van der Waals surface area contributed by atoms with Crippen molar-refractivity contribution in [2.24, 2.45) is 0 Å². The average molecular weight is 256 g/mol. The highest BCUT2D eigenvalue weighted by Crippen LogP contribution is 2.20. The summed E-state index contributed by atoms with van der Waals surface area (Å²) in [6, 6.07) is -0.0532. The Balaban J connectivity index is 2.38. The van der Waals surface area contributed by atoms with Crippen molar-refractivity contribution >= 4 is 16.0 Å². The molecule has 0 atom stereocenters. The molecule has 0 unspecified atom stereocenters. The molecule has 0 spiro atoms. The normalized spacial score (nSPS) is 11.7. The Morgan fingerprint density at radius 1 is 1.35 bits per heavy atom. The van der Waals surface area contributed by atoms with Crippen LogP contribution in [0.5, 0.6) is 0 Å². The molecule has 0 saturated heterocycles. The molecule has 0 aliphatic carbocycles. The third-order valence-electron chi connectivity index (χ3n) is 2.17. The van der Waals surface area contributed by atoms with Gasteiger partial charge in [0.15, 0.2) is 0 Å². The second-order valence-electron chi connectivity index (χ2n) is 3.66. The highest BCUT2D eigenvalue weighted by Gasteiger charge is 2.23. The van der Waals surface area contributed by atoms with Gasteiger partial charge in [0, 0.05) is 0 Å². The predicted octanol–water partition coefficient (Wildman–Crippen LogP) is 1.12. The molecule has 0 aliphatic heterocycles. The van der Waals surface area contributed by atoms with Crippen LogP contribution in [0.4, 0.5) is 6.01 Å². The molecule has 2 heterocycles. The summed E-state index contributed by atoms with van der Waals surface area (Å²) in [7, 11) is -3.72. The molecule has 2 aromatic rings. The summed E-state index contributed by atoms with van der Waals surface area (Å²) in [5.74, 6) is 0. The maximum absolute atomic E-state index is 12.0. The number of sulfonamides is 1. The van der Waals surface area contributed by atoms with Crippen LogP contribution >= 0.6 is 0 Å². The highest BCUT2D eigenvalue weighted by molar-refractivity contribution is 7.92. The van der Waals surface area contributed by atoms with Crippen LogP contribution in [0.3, 0.4) is 0 Å². The third-order valence-corrected chi connectivity index (χ3v) is 3.75. The van der Waals surface area contributed by atoms with E-state index in [2.05, 4.69) is 19.9 Å². The number of hydrogen-bond donors (Lipinski definition) is 2. The first-order valence-electron chi connectivity index (χ1n) is 4.86. The van der Waals surface area contributed by atoms with E-state index in [1.54, 1.807) is 20.8 Å². The van der Waals surface area contributed by atoms with E-state index >= 15 is 0 Å². The molecule has 0 radical (unpaired) electrons. The van der Waals surface area contributed by atoms with Gasteiger partial charge in [0.05, 0.1) is 17.1 Å². The minimum Gasteiger partial charge on any atom is -0.431 e. The predicted molar refractivity (Wildman–Crippen MR) is 60.1 cm³/mol. The van der Waals surface area contributed by atoms with Gasteiger partial charge < -0.3 is 4.42 Å². The summed E-state index contributed by atoms with van der Waals surface area (Å²) in [6.07, 6.45) is 1.37. The zero-order valence-corrected chi connectivity index (χ0v) is 10.4. The van der Waals surface area contributed by atoms with E-state index in [-0.39, 0.29) is 10.9 Å². The van der Waals surface area contributed by atoms with Crippen LogP contribution < -0.4 is 4.72 Å². The lowest BCUT2D eigenvalue weighted by Gasteiger charge is -2.03. The van der Waals surface area contributed by atoms with E-state index in [1.807, 2.05) is 0 Å². The SMILES string of the molecule is Cc1coc(NS(=O)(=O)c2c(C)n[nH]c2C)n1. The minimum atomic E-state index is -3.72. The second kappa shape index (κ2) is 3.88. The van der Waals surface area contributed by atoms with E-state index in [9.17, 15) is 8.42 Å². The average Bonchev–Trinajstić information content (AvgIpc) is 2.73. The van der Waals surface area contributed by atoms with Gasteiger partial charge in [-0.2, -0.15) is 10.1 Å². The van der Waals surface area contributed by atoms with E-state index in [4.69, 9.17) is 4.42 Å². The zero-order valence-electron chi connectivity index (χ0n) is 9.60. The summed E-state index contributed by atoms with van der Waals surface area (Å²) < 4.78 is 31.3. The zero-order chi connectivity index (χ0) is 12.6. The molecule has 2 N–H and O–H groups in total. The maximum Gasteiger partial charge on any atom is 0.309 e. The molecule has 0 amide bonds. The Hall–Kier alpha value is -1.83. The van der Waals surface area contributed by atoms with E-state index in [1.165, 1.54) is 6.26 Å². The molecule has 17 heavy (non-hydrogen) atoms. The molecule has 2 rings (SSSR count). The van der Waals surface area contributed by atoms with Gasteiger partial charge in [0.2, 0.25) is 0 Å². The molecule has 0 aliphatic rings. The number of nitrogens with one attached hydrogen (secondary N) is 2. The molecule has 7 nitrogen and oxygen atoms in total. The summed E-state index contributed by atoms with van der Waals surface area (Å²) in [5.41, 5.74) is 1.47. The first-order chi connectivity index (χ1) is 7.90. The molecule has 2 aromatic heterocycles. The third kappa shape index (κ3) is 2.16. The van der Waals surface area contributed by atoms with Crippen LogP contribution in [0, 0.1) is 20.8 Å². The van der Waals surface area contributed by atoms with Crippen molar-refractivity contribution in [1.29, 1.82) is 0 Å². The minimum absolute atomic E-state index is 0.0532. The lowest BCUT2D eigenvalue weighted by atomic mass is 10.4. The Labute approximate surface area is 98.3 Å². The molecule has 0 saturated carbocycles. The van der Waals surface area contributed by atoms with Gasteiger partial charge >= 0.3 is 6.01 Å². The topological polar surface area (TPSA) is 101 Å². The number of nitrogens with zero attached hydrogens (tertiary/aromatic N) is 2. The fourth-order valence-electron chi connectivity index (χ4n) is 1.50. The van der Waals surface area contributed by atoms with Crippen LogP contribution in [0.15, 0.2) is 15.6 Å². The van der Waals surface area contributed by atoms with Crippen LogP contribution in [-0.2, 0) is 10.0 Å². The second-order valence-corrected chi connectivity index (χ2v) is 5.28. The molecular formula is C9H12N4O3S. The number of hydrogen-bond acceptors (Lipinski definition) is 5. The summed E-state index contributed by atoms with van der Waals surface area (Å²) >= 11 is 0. The quantitative estimate of drug-likeness (QED) is 0.857. The van der Waals surface area contributed by atoms with Gasteiger partial charge in [0.25, 0.3) is 10.0 Å². The lowest BCUT2D eigenvalue weighted by Crippen LogP contribution is -2.14. The highest BCUT2D eigenvalue weighted by atomic mass is 32.2. The van der Waals surface area contributed by atoms with Gasteiger partial charge in [-0.3, -0.25) is 5.10 Å². The summed E-state index contributed by atoms with van der Waals surface area (Å²) in [6.45, 7) is 4.95. The number of aryl methyl sites for hydroxylation is 3. The smallest absolute Gasteiger partial charge is 0.309 e. The van der Waals surface area contributed by atoms with Gasteiger partial charge in [-0.1, -0.05) is 0 Å². The number of rotatable bonds is 3. The van der Waals surface area contributed by atoms with Crippen molar-refractivity contribution in [2.75, 3.05) is 4.72 Å². The van der Waals surface area contributed by atoms with E-state index < -0.39 is 10.0 Å². The summed E-state index contributed by atoms with van der Waals surface area (Å²) in [5, 5.41) is 6.45. The first kappa shape index (κ1) is 11.6. The van der Waals surface area contributed by atoms with E-state index in [0.717, 1.165) is 0 Å². The molecule has 0 aromatic carbocycles. The molecule has 0 fully saturated rings. The van der Waals surface area contributed by atoms with Crippen LogP contribution in [0.25, 0.3) is 0 Å². The fraction of sp³-hybridized carbons (Fsp3) is 0.333. The van der Waals surface area contributed by atoms with Crippen molar-refractivity contribution in [3.8, 4) is 0 Å². The first-order valence-corrected chi connectivity index (χ1v) is 6.35. The van der Waals surface area contributed by atoms with Gasteiger partial charge in [-0.25, -0.2) is 13.1 Å². The standard InChI is InChI=1S/C9H12N4O3S/c1-5-4-16-9(10-5)13-17(14,15)8-6(2)11-12-7(8)3/h4H,1-3H3,(H,10,13)(H,11,12). The number of oxazole rings is 1. The van der Waals surface area contributed by atoms with E-state index in [0.29, 0.717) is 17.1 Å². The summed E-state index contributed by atoms with van der Waals surface area (Å²) in [4.78, 5) is 4.00. The van der Waals surface area contributed by atoms with Crippen molar-refractivity contribution in [3.63, 3.8) is 0 Å². The van der Waals surface area contributed by atoms with Gasteiger partial charge in [-0.15, -0.1) is 0 Å². The van der Waals surface area contributed by atoms with Crippen molar-refractivity contribution in [2.45, 2.75) is 25.7 Å². The van der Waals surface area contributed by atoms with Crippen LogP contribution in [0.1, 0.15) is 17.1 Å². The number of anilines is 1. The Kier molecular flexibility index (Phi) is 2.66. The van der Waals surface area contributed by atoms with Crippen molar-refractivity contribution in [3.05, 3.63) is 23.3 Å². The maximum atomic E-state index is 12.0. The fourth-order valence-corrected chi connectivity index (χ4v) is 2.81. The Morgan fingerprint density at radius 3 is 2.53 bits per heavy atom. The molecule has 8 heteroatoms. The lowest BCUT2D eigenvalue weighted by molar-refractivity contribution is 0.569. The molecular weight excluding hydrogens is 244 g/mol. The largest absolute Gasteiger partial charge is 0.431 e. The molecule has 92 valence electrons. The van der Waals surface area contributed by atoms with Crippen molar-refractivity contribution in [1.82, 2.24) is 15.2 Å². The monoisotopic (exact) mass is 256 g/mol. The van der Waals surface area contributed by atoms with Gasteiger partial charge in [-0.05, 0) is 20.8 Å².